The summed E-state index contributed by atoms with van der Waals surface area (Å²) in [4.78, 5) is 14.0. The van der Waals surface area contributed by atoms with Crippen molar-refractivity contribution in [1.82, 2.24) is 4.90 Å². The summed E-state index contributed by atoms with van der Waals surface area (Å²) in [7, 11) is 0. The number of rotatable bonds is 5. The summed E-state index contributed by atoms with van der Waals surface area (Å²) in [5.74, 6) is 0.734. The molecule has 1 aromatic rings. The number of aliphatic hydroxyl groups is 1. The van der Waals surface area contributed by atoms with Gasteiger partial charge in [-0.15, -0.1) is 0 Å². The minimum absolute atomic E-state index is 0.00569. The number of carbonyl (C=O) groups is 1. The molecule has 1 amide bonds. The molecule has 20 heavy (non-hydrogen) atoms. The molecule has 1 aliphatic carbocycles. The molecule has 0 radical (unpaired) electrons. The molecule has 0 aliphatic heterocycles. The topological polar surface area (TPSA) is 49.8 Å². The van der Waals surface area contributed by atoms with Gasteiger partial charge in [-0.05, 0) is 45.2 Å². The van der Waals surface area contributed by atoms with Gasteiger partial charge in [0.05, 0.1) is 6.10 Å². The normalized spacial score (nSPS) is 18.5. The lowest BCUT2D eigenvalue weighted by molar-refractivity contribution is -0.137. The van der Waals surface area contributed by atoms with Gasteiger partial charge < -0.3 is 14.7 Å². The highest BCUT2D eigenvalue weighted by atomic mass is 16.5. The van der Waals surface area contributed by atoms with Crippen LogP contribution >= 0.6 is 0 Å². The molecule has 1 N–H and O–H groups in total. The molecule has 1 aromatic carbocycles. The number of nitrogens with zero attached hydrogens (tertiary/aromatic N) is 1. The average Bonchev–Trinajstić information content (AvgIpc) is 2.83. The van der Waals surface area contributed by atoms with E-state index in [0.29, 0.717) is 13.1 Å². The summed E-state index contributed by atoms with van der Waals surface area (Å²) in [5.41, 5.74) is 1.98. The van der Waals surface area contributed by atoms with Crippen LogP contribution in [-0.2, 0) is 11.2 Å². The molecule has 0 fully saturated rings. The van der Waals surface area contributed by atoms with Gasteiger partial charge in [-0.1, -0.05) is 12.1 Å². The van der Waals surface area contributed by atoms with Crippen LogP contribution < -0.4 is 4.74 Å². The van der Waals surface area contributed by atoms with E-state index in [4.69, 9.17) is 4.74 Å². The van der Waals surface area contributed by atoms with Gasteiger partial charge in [-0.2, -0.15) is 0 Å². The van der Waals surface area contributed by atoms with E-state index < -0.39 is 12.2 Å². The van der Waals surface area contributed by atoms with E-state index in [2.05, 4.69) is 0 Å². The Hall–Kier alpha value is -1.55. The fourth-order valence-electron chi connectivity index (χ4n) is 2.74. The number of fused-ring (bicyclic) bond motifs is 1. The zero-order valence-electron chi connectivity index (χ0n) is 12.4. The van der Waals surface area contributed by atoms with Gasteiger partial charge in [0.15, 0.2) is 6.10 Å². The second kappa shape index (κ2) is 6.27. The zero-order valence-corrected chi connectivity index (χ0v) is 12.4. The second-order valence-electron chi connectivity index (χ2n) is 5.15. The minimum Gasteiger partial charge on any atom is -0.481 e. The number of aliphatic hydroxyl groups excluding tert-OH is 1. The molecule has 110 valence electrons. The summed E-state index contributed by atoms with van der Waals surface area (Å²) in [6, 6.07) is 5.68. The lowest BCUT2D eigenvalue weighted by Gasteiger charge is -2.24. The summed E-state index contributed by atoms with van der Waals surface area (Å²) < 4.78 is 5.85. The van der Waals surface area contributed by atoms with Gasteiger partial charge in [0, 0.05) is 18.7 Å². The van der Waals surface area contributed by atoms with Gasteiger partial charge in [-0.25, -0.2) is 0 Å². The SMILES string of the molecule is CCN(CC)C(=O)C(C)Oc1cccc2c1CCC2O. The van der Waals surface area contributed by atoms with Crippen molar-refractivity contribution in [3.8, 4) is 5.75 Å². The number of amides is 1. The van der Waals surface area contributed by atoms with Gasteiger partial charge in [0.1, 0.15) is 5.75 Å². The first-order valence-electron chi connectivity index (χ1n) is 7.33. The monoisotopic (exact) mass is 277 g/mol. The molecule has 4 nitrogen and oxygen atoms in total. The van der Waals surface area contributed by atoms with Crippen molar-refractivity contribution in [1.29, 1.82) is 0 Å². The van der Waals surface area contributed by atoms with Crippen LogP contribution in [0, 0.1) is 0 Å². The highest BCUT2D eigenvalue weighted by Gasteiger charge is 2.26. The lowest BCUT2D eigenvalue weighted by atomic mass is 10.1. The van der Waals surface area contributed by atoms with Gasteiger partial charge in [-0.3, -0.25) is 4.79 Å². The first-order valence-corrected chi connectivity index (χ1v) is 7.33. The van der Waals surface area contributed by atoms with Crippen LogP contribution in [0.15, 0.2) is 18.2 Å². The van der Waals surface area contributed by atoms with E-state index >= 15 is 0 Å². The highest BCUT2D eigenvalue weighted by Crippen LogP contribution is 2.37. The van der Waals surface area contributed by atoms with Crippen molar-refractivity contribution in [2.75, 3.05) is 13.1 Å². The van der Waals surface area contributed by atoms with Gasteiger partial charge in [0.2, 0.25) is 0 Å². The summed E-state index contributed by atoms with van der Waals surface area (Å²) in [6.45, 7) is 7.09. The van der Waals surface area contributed by atoms with Crippen molar-refractivity contribution in [3.05, 3.63) is 29.3 Å². The van der Waals surface area contributed by atoms with E-state index in [1.165, 1.54) is 0 Å². The van der Waals surface area contributed by atoms with Gasteiger partial charge in [0.25, 0.3) is 5.91 Å². The number of hydrogen-bond donors (Lipinski definition) is 1. The fraction of sp³-hybridized carbons (Fsp3) is 0.562. The number of carbonyl (C=O) groups excluding carboxylic acids is 1. The Labute approximate surface area is 120 Å². The Kier molecular flexibility index (Phi) is 4.65. The lowest BCUT2D eigenvalue weighted by Crippen LogP contribution is -2.40. The van der Waals surface area contributed by atoms with Gasteiger partial charge >= 0.3 is 0 Å². The Morgan fingerprint density at radius 3 is 2.80 bits per heavy atom. The maximum atomic E-state index is 12.2. The fourth-order valence-corrected chi connectivity index (χ4v) is 2.74. The van der Waals surface area contributed by atoms with E-state index in [0.717, 1.165) is 29.7 Å². The molecule has 4 heteroatoms. The first-order chi connectivity index (χ1) is 9.58. The molecule has 2 atom stereocenters. The summed E-state index contributed by atoms with van der Waals surface area (Å²) >= 11 is 0. The van der Waals surface area contributed by atoms with Crippen molar-refractivity contribution in [3.63, 3.8) is 0 Å². The minimum atomic E-state index is -0.501. The molecule has 0 saturated heterocycles. The van der Waals surface area contributed by atoms with Crippen LogP contribution in [0.2, 0.25) is 0 Å². The molecule has 0 aromatic heterocycles. The number of ether oxygens (including phenoxy) is 1. The van der Waals surface area contributed by atoms with Crippen molar-refractivity contribution < 1.29 is 14.6 Å². The van der Waals surface area contributed by atoms with Crippen LogP contribution in [0.4, 0.5) is 0 Å². The molecule has 0 saturated carbocycles. The zero-order chi connectivity index (χ0) is 14.7. The molecular weight excluding hydrogens is 254 g/mol. The van der Waals surface area contributed by atoms with E-state index in [1.54, 1.807) is 11.8 Å². The third-order valence-electron chi connectivity index (χ3n) is 3.92. The van der Waals surface area contributed by atoms with Crippen LogP contribution in [0.5, 0.6) is 5.75 Å². The third kappa shape index (κ3) is 2.80. The molecule has 2 rings (SSSR count). The molecule has 2 unspecified atom stereocenters. The third-order valence-corrected chi connectivity index (χ3v) is 3.92. The number of likely N-dealkylation sites (N-methyl/N-ethyl adjacent to an activating group) is 1. The molecular formula is C16H23NO3. The molecule has 1 aliphatic rings. The molecule has 0 spiro atoms. The largest absolute Gasteiger partial charge is 0.481 e. The van der Waals surface area contributed by atoms with Crippen molar-refractivity contribution in [2.45, 2.75) is 45.8 Å². The standard InChI is InChI=1S/C16H23NO3/c1-4-17(5-2)16(19)11(3)20-15-8-6-7-12-13(15)9-10-14(12)18/h6-8,11,14,18H,4-5,9-10H2,1-3H3. The Morgan fingerprint density at radius 2 is 2.15 bits per heavy atom. The van der Waals surface area contributed by atoms with Crippen LogP contribution in [0.3, 0.4) is 0 Å². The first kappa shape index (κ1) is 14.9. The van der Waals surface area contributed by atoms with E-state index in [-0.39, 0.29) is 5.91 Å². The molecule has 0 heterocycles. The quantitative estimate of drug-likeness (QED) is 0.898. The Bertz CT molecular complexity index is 483. The number of hydrogen-bond acceptors (Lipinski definition) is 3. The Morgan fingerprint density at radius 1 is 1.45 bits per heavy atom. The predicted molar refractivity (Wildman–Crippen MR) is 77.7 cm³/mol. The highest BCUT2D eigenvalue weighted by molar-refractivity contribution is 5.80. The van der Waals surface area contributed by atoms with Crippen LogP contribution in [-0.4, -0.2) is 35.1 Å². The van der Waals surface area contributed by atoms with Crippen LogP contribution in [0.1, 0.15) is 44.4 Å². The predicted octanol–water partition coefficient (Wildman–Crippen LogP) is 2.30. The Balaban J connectivity index is 2.13. The van der Waals surface area contributed by atoms with Crippen LogP contribution in [0.25, 0.3) is 0 Å². The second-order valence-corrected chi connectivity index (χ2v) is 5.15. The maximum absolute atomic E-state index is 12.2. The summed E-state index contributed by atoms with van der Waals surface area (Å²) in [5, 5.41) is 9.88. The van der Waals surface area contributed by atoms with Crippen molar-refractivity contribution >= 4 is 5.91 Å². The average molecular weight is 277 g/mol. The maximum Gasteiger partial charge on any atom is 0.263 e. The number of benzene rings is 1. The van der Waals surface area contributed by atoms with E-state index in [1.807, 2.05) is 32.0 Å². The van der Waals surface area contributed by atoms with E-state index in [9.17, 15) is 9.90 Å². The molecule has 0 bridgehead atoms. The summed E-state index contributed by atoms with van der Waals surface area (Å²) in [6.07, 6.45) is 0.633. The van der Waals surface area contributed by atoms with Crippen molar-refractivity contribution in [2.24, 2.45) is 0 Å². The smallest absolute Gasteiger partial charge is 0.263 e.